The highest BCUT2D eigenvalue weighted by molar-refractivity contribution is 5.89. The molecule has 0 saturated heterocycles. The third-order valence-electron chi connectivity index (χ3n) is 2.65. The SMILES string of the molecule is CCCCCCNc1ccc(C(=O)O)c(C)n1. The maximum Gasteiger partial charge on any atom is 0.337 e. The van der Waals surface area contributed by atoms with E-state index in [1.807, 2.05) is 0 Å². The van der Waals surface area contributed by atoms with Crippen LogP contribution < -0.4 is 5.32 Å². The summed E-state index contributed by atoms with van der Waals surface area (Å²) in [5.74, 6) is -0.173. The highest BCUT2D eigenvalue weighted by Crippen LogP contribution is 2.10. The molecular formula is C13H20N2O2. The van der Waals surface area contributed by atoms with Gasteiger partial charge in [0.25, 0.3) is 0 Å². The van der Waals surface area contributed by atoms with Crippen molar-refractivity contribution >= 4 is 11.8 Å². The van der Waals surface area contributed by atoms with E-state index in [4.69, 9.17) is 5.11 Å². The number of unbranched alkanes of at least 4 members (excludes halogenated alkanes) is 3. The molecule has 0 radical (unpaired) electrons. The van der Waals surface area contributed by atoms with E-state index in [1.54, 1.807) is 19.1 Å². The van der Waals surface area contributed by atoms with Crippen molar-refractivity contribution in [2.75, 3.05) is 11.9 Å². The zero-order chi connectivity index (χ0) is 12.7. The summed E-state index contributed by atoms with van der Waals surface area (Å²) in [7, 11) is 0. The van der Waals surface area contributed by atoms with Gasteiger partial charge in [0.2, 0.25) is 0 Å². The zero-order valence-corrected chi connectivity index (χ0v) is 10.5. The Hall–Kier alpha value is -1.58. The van der Waals surface area contributed by atoms with Crippen LogP contribution in [0, 0.1) is 6.92 Å². The topological polar surface area (TPSA) is 62.2 Å². The van der Waals surface area contributed by atoms with Gasteiger partial charge < -0.3 is 10.4 Å². The number of rotatable bonds is 7. The fourth-order valence-corrected chi connectivity index (χ4v) is 1.65. The van der Waals surface area contributed by atoms with Gasteiger partial charge in [-0.2, -0.15) is 0 Å². The Morgan fingerprint density at radius 3 is 2.71 bits per heavy atom. The van der Waals surface area contributed by atoms with Gasteiger partial charge in [-0.15, -0.1) is 0 Å². The number of hydrogen-bond donors (Lipinski definition) is 2. The van der Waals surface area contributed by atoms with Gasteiger partial charge in [-0.1, -0.05) is 26.2 Å². The molecule has 1 aromatic heterocycles. The van der Waals surface area contributed by atoms with Crippen molar-refractivity contribution in [2.45, 2.75) is 39.5 Å². The Morgan fingerprint density at radius 1 is 1.35 bits per heavy atom. The first-order valence-electron chi connectivity index (χ1n) is 6.10. The molecule has 0 aliphatic rings. The molecule has 94 valence electrons. The van der Waals surface area contributed by atoms with Crippen LogP contribution in [-0.4, -0.2) is 22.6 Å². The predicted octanol–water partition coefficient (Wildman–Crippen LogP) is 3.08. The molecule has 0 aliphatic heterocycles. The first-order valence-corrected chi connectivity index (χ1v) is 6.10. The Bertz CT molecular complexity index is 378. The van der Waals surface area contributed by atoms with Crippen molar-refractivity contribution in [1.82, 2.24) is 4.98 Å². The highest BCUT2D eigenvalue weighted by Gasteiger charge is 2.07. The van der Waals surface area contributed by atoms with Crippen molar-refractivity contribution < 1.29 is 9.90 Å². The second kappa shape index (κ2) is 6.89. The number of pyridine rings is 1. The summed E-state index contributed by atoms with van der Waals surface area (Å²) >= 11 is 0. The first kappa shape index (κ1) is 13.5. The summed E-state index contributed by atoms with van der Waals surface area (Å²) in [5, 5.41) is 12.1. The number of anilines is 1. The van der Waals surface area contributed by atoms with Gasteiger partial charge in [-0.3, -0.25) is 0 Å². The van der Waals surface area contributed by atoms with E-state index >= 15 is 0 Å². The number of nitrogens with one attached hydrogen (secondary N) is 1. The molecule has 0 unspecified atom stereocenters. The van der Waals surface area contributed by atoms with E-state index in [1.165, 1.54) is 19.3 Å². The van der Waals surface area contributed by atoms with E-state index in [9.17, 15) is 4.79 Å². The molecule has 1 aromatic rings. The van der Waals surface area contributed by atoms with Crippen LogP contribution in [0.3, 0.4) is 0 Å². The molecule has 0 aromatic carbocycles. The number of aromatic nitrogens is 1. The third kappa shape index (κ3) is 4.43. The Morgan fingerprint density at radius 2 is 2.12 bits per heavy atom. The number of carboxylic acid groups (broad SMARTS) is 1. The number of carbonyl (C=O) groups is 1. The molecule has 0 bridgehead atoms. The monoisotopic (exact) mass is 236 g/mol. The lowest BCUT2D eigenvalue weighted by Gasteiger charge is -2.07. The molecule has 0 atom stereocenters. The molecule has 0 fully saturated rings. The molecule has 4 nitrogen and oxygen atoms in total. The quantitative estimate of drug-likeness (QED) is 0.714. The van der Waals surface area contributed by atoms with Crippen LogP contribution >= 0.6 is 0 Å². The van der Waals surface area contributed by atoms with Crippen molar-refractivity contribution in [2.24, 2.45) is 0 Å². The molecule has 4 heteroatoms. The highest BCUT2D eigenvalue weighted by atomic mass is 16.4. The molecular weight excluding hydrogens is 216 g/mol. The number of aryl methyl sites for hydroxylation is 1. The van der Waals surface area contributed by atoms with Gasteiger partial charge >= 0.3 is 5.97 Å². The number of hydrogen-bond acceptors (Lipinski definition) is 3. The van der Waals surface area contributed by atoms with E-state index in [0.717, 1.165) is 18.8 Å². The lowest BCUT2D eigenvalue weighted by molar-refractivity contribution is 0.0695. The van der Waals surface area contributed by atoms with Gasteiger partial charge in [-0.25, -0.2) is 9.78 Å². The standard InChI is InChI=1S/C13H20N2O2/c1-3-4-5-6-9-14-12-8-7-11(13(16)17)10(2)15-12/h7-8H,3-6,9H2,1-2H3,(H,14,15)(H,16,17). The largest absolute Gasteiger partial charge is 0.478 e. The van der Waals surface area contributed by atoms with Crippen molar-refractivity contribution in [1.29, 1.82) is 0 Å². The van der Waals surface area contributed by atoms with Gasteiger partial charge in [0.05, 0.1) is 11.3 Å². The maximum atomic E-state index is 10.8. The lowest BCUT2D eigenvalue weighted by atomic mass is 10.2. The van der Waals surface area contributed by atoms with Crippen molar-refractivity contribution in [3.05, 3.63) is 23.4 Å². The molecule has 1 heterocycles. The minimum absolute atomic E-state index is 0.265. The summed E-state index contributed by atoms with van der Waals surface area (Å²) in [5.41, 5.74) is 0.817. The fraction of sp³-hybridized carbons (Fsp3) is 0.538. The molecule has 0 saturated carbocycles. The molecule has 0 amide bonds. The first-order chi connectivity index (χ1) is 8.15. The normalized spacial score (nSPS) is 10.2. The van der Waals surface area contributed by atoms with Crippen LogP contribution in [0.4, 0.5) is 5.82 Å². The van der Waals surface area contributed by atoms with Gasteiger partial charge in [0, 0.05) is 6.54 Å². The van der Waals surface area contributed by atoms with Gasteiger partial charge in [0.15, 0.2) is 0 Å². The van der Waals surface area contributed by atoms with Gasteiger partial charge in [0.1, 0.15) is 5.82 Å². The second-order valence-electron chi connectivity index (χ2n) is 4.12. The molecule has 0 aliphatic carbocycles. The Labute approximate surface area is 102 Å². The Kier molecular flexibility index (Phi) is 5.46. The predicted molar refractivity (Wildman–Crippen MR) is 68.6 cm³/mol. The van der Waals surface area contributed by atoms with Crippen LogP contribution in [0.5, 0.6) is 0 Å². The molecule has 0 spiro atoms. The summed E-state index contributed by atoms with van der Waals surface area (Å²) in [6.45, 7) is 4.79. The van der Waals surface area contributed by atoms with E-state index in [-0.39, 0.29) is 5.56 Å². The Balaban J connectivity index is 2.45. The van der Waals surface area contributed by atoms with E-state index < -0.39 is 5.97 Å². The van der Waals surface area contributed by atoms with E-state index in [0.29, 0.717) is 5.69 Å². The van der Waals surface area contributed by atoms with Crippen molar-refractivity contribution in [3.8, 4) is 0 Å². The number of nitrogens with zero attached hydrogens (tertiary/aromatic N) is 1. The molecule has 1 rings (SSSR count). The number of carboxylic acids is 1. The fourth-order valence-electron chi connectivity index (χ4n) is 1.65. The van der Waals surface area contributed by atoms with Crippen molar-refractivity contribution in [3.63, 3.8) is 0 Å². The van der Waals surface area contributed by atoms with Crippen LogP contribution in [0.15, 0.2) is 12.1 Å². The summed E-state index contributed by atoms with van der Waals surface area (Å²) in [4.78, 5) is 15.0. The van der Waals surface area contributed by atoms with Crippen LogP contribution in [-0.2, 0) is 0 Å². The van der Waals surface area contributed by atoms with Crippen LogP contribution in [0.2, 0.25) is 0 Å². The lowest BCUT2D eigenvalue weighted by Crippen LogP contribution is -2.07. The zero-order valence-electron chi connectivity index (χ0n) is 10.5. The van der Waals surface area contributed by atoms with Crippen LogP contribution in [0.25, 0.3) is 0 Å². The number of aromatic carboxylic acids is 1. The third-order valence-corrected chi connectivity index (χ3v) is 2.65. The molecule has 2 N–H and O–H groups in total. The summed E-state index contributed by atoms with van der Waals surface area (Å²) in [6, 6.07) is 3.31. The second-order valence-corrected chi connectivity index (χ2v) is 4.12. The summed E-state index contributed by atoms with van der Waals surface area (Å²) in [6.07, 6.45) is 4.82. The average Bonchev–Trinajstić information content (AvgIpc) is 2.28. The minimum Gasteiger partial charge on any atom is -0.478 e. The molecule has 17 heavy (non-hydrogen) atoms. The van der Waals surface area contributed by atoms with Crippen LogP contribution in [0.1, 0.15) is 48.7 Å². The maximum absolute atomic E-state index is 10.8. The summed E-state index contributed by atoms with van der Waals surface area (Å²) < 4.78 is 0. The smallest absolute Gasteiger partial charge is 0.337 e. The minimum atomic E-state index is -0.926. The van der Waals surface area contributed by atoms with Gasteiger partial charge in [-0.05, 0) is 25.5 Å². The average molecular weight is 236 g/mol. The van der Waals surface area contributed by atoms with E-state index in [2.05, 4.69) is 17.2 Å².